The van der Waals surface area contributed by atoms with E-state index in [9.17, 15) is 0 Å². The van der Waals surface area contributed by atoms with Crippen molar-refractivity contribution in [1.82, 2.24) is 9.97 Å². The normalized spacial score (nSPS) is 10.4. The minimum atomic E-state index is 0.750. The lowest BCUT2D eigenvalue weighted by Crippen LogP contribution is -1.85. The average molecular weight is 267 g/mol. The van der Waals surface area contributed by atoms with Crippen molar-refractivity contribution < 1.29 is 0 Å². The van der Waals surface area contributed by atoms with Crippen molar-refractivity contribution >= 4 is 11.6 Å². The van der Waals surface area contributed by atoms with Crippen molar-refractivity contribution in [3.8, 4) is 22.3 Å². The molecular formula is C16H11ClN2. The molecule has 2 nitrogen and oxygen atoms in total. The molecule has 0 bridgehead atoms. The number of rotatable bonds is 2. The van der Waals surface area contributed by atoms with Gasteiger partial charge in [0, 0.05) is 35.9 Å². The molecule has 0 unspecified atom stereocenters. The third kappa shape index (κ3) is 2.35. The van der Waals surface area contributed by atoms with Gasteiger partial charge in [0.25, 0.3) is 0 Å². The third-order valence-electron chi connectivity index (χ3n) is 2.98. The van der Waals surface area contributed by atoms with E-state index in [4.69, 9.17) is 11.6 Å². The van der Waals surface area contributed by atoms with Gasteiger partial charge in [0.1, 0.15) is 0 Å². The van der Waals surface area contributed by atoms with E-state index in [1.54, 1.807) is 24.8 Å². The summed E-state index contributed by atoms with van der Waals surface area (Å²) in [7, 11) is 0. The fraction of sp³-hybridized carbons (Fsp3) is 0. The van der Waals surface area contributed by atoms with E-state index in [2.05, 4.69) is 9.97 Å². The average Bonchev–Trinajstić information content (AvgIpc) is 2.49. The number of pyridine rings is 2. The van der Waals surface area contributed by atoms with E-state index in [-0.39, 0.29) is 0 Å². The standard InChI is InChI=1S/C16H11ClN2/c17-16-14(12-4-8-18-9-5-12)2-1-3-15(16)13-6-10-19-11-7-13/h1-11H. The molecule has 0 atom stereocenters. The van der Waals surface area contributed by atoms with Gasteiger partial charge in [0.05, 0.1) is 5.02 Å². The first-order valence-corrected chi connectivity index (χ1v) is 6.33. The maximum Gasteiger partial charge on any atom is 0.0562 e. The molecule has 0 aliphatic carbocycles. The van der Waals surface area contributed by atoms with Crippen molar-refractivity contribution in [2.24, 2.45) is 0 Å². The monoisotopic (exact) mass is 266 g/mol. The molecule has 0 N–H and O–H groups in total. The van der Waals surface area contributed by atoms with Crippen LogP contribution >= 0.6 is 11.6 Å². The highest BCUT2D eigenvalue weighted by molar-refractivity contribution is 6.36. The summed E-state index contributed by atoms with van der Waals surface area (Å²) in [4.78, 5) is 8.06. The zero-order valence-electron chi connectivity index (χ0n) is 10.1. The Morgan fingerprint density at radius 3 is 1.47 bits per heavy atom. The van der Waals surface area contributed by atoms with Crippen molar-refractivity contribution in [1.29, 1.82) is 0 Å². The Bertz CT molecular complexity index is 624. The lowest BCUT2D eigenvalue weighted by atomic mass is 10.0. The van der Waals surface area contributed by atoms with E-state index in [0.29, 0.717) is 0 Å². The van der Waals surface area contributed by atoms with Crippen LogP contribution in [-0.4, -0.2) is 9.97 Å². The SMILES string of the molecule is Clc1c(-c2ccncc2)cccc1-c1ccncc1. The summed E-state index contributed by atoms with van der Waals surface area (Å²) >= 11 is 6.54. The van der Waals surface area contributed by atoms with Gasteiger partial charge in [-0.05, 0) is 35.4 Å². The highest BCUT2D eigenvalue weighted by Gasteiger charge is 2.09. The molecule has 0 amide bonds. The van der Waals surface area contributed by atoms with E-state index < -0.39 is 0 Å². The molecule has 19 heavy (non-hydrogen) atoms. The number of hydrogen-bond acceptors (Lipinski definition) is 2. The molecule has 0 saturated carbocycles. The van der Waals surface area contributed by atoms with E-state index >= 15 is 0 Å². The van der Waals surface area contributed by atoms with E-state index in [0.717, 1.165) is 27.3 Å². The molecule has 2 heterocycles. The summed E-state index contributed by atoms with van der Waals surface area (Å²) < 4.78 is 0. The zero-order valence-corrected chi connectivity index (χ0v) is 10.9. The summed E-state index contributed by atoms with van der Waals surface area (Å²) in [6.07, 6.45) is 7.07. The molecule has 0 aliphatic heterocycles. The molecule has 0 spiro atoms. The number of halogens is 1. The van der Waals surface area contributed by atoms with Crippen LogP contribution < -0.4 is 0 Å². The van der Waals surface area contributed by atoms with Gasteiger partial charge in [-0.3, -0.25) is 9.97 Å². The summed E-state index contributed by atoms with van der Waals surface area (Å²) in [5.74, 6) is 0. The van der Waals surface area contributed by atoms with Crippen LogP contribution in [0.2, 0.25) is 5.02 Å². The van der Waals surface area contributed by atoms with Crippen LogP contribution in [0.15, 0.2) is 67.3 Å². The largest absolute Gasteiger partial charge is 0.265 e. The van der Waals surface area contributed by atoms with Crippen LogP contribution in [0.5, 0.6) is 0 Å². The first kappa shape index (κ1) is 11.9. The summed E-state index contributed by atoms with van der Waals surface area (Å²) in [6, 6.07) is 13.9. The van der Waals surface area contributed by atoms with E-state index in [1.807, 2.05) is 42.5 Å². The minimum Gasteiger partial charge on any atom is -0.265 e. The van der Waals surface area contributed by atoms with Crippen molar-refractivity contribution in [2.75, 3.05) is 0 Å². The molecule has 3 rings (SSSR count). The maximum atomic E-state index is 6.54. The van der Waals surface area contributed by atoms with Gasteiger partial charge in [-0.25, -0.2) is 0 Å². The predicted molar refractivity (Wildman–Crippen MR) is 77.9 cm³/mol. The number of nitrogens with zero attached hydrogens (tertiary/aromatic N) is 2. The van der Waals surface area contributed by atoms with Gasteiger partial charge in [-0.15, -0.1) is 0 Å². The van der Waals surface area contributed by atoms with Crippen LogP contribution in [0.25, 0.3) is 22.3 Å². The van der Waals surface area contributed by atoms with Crippen molar-refractivity contribution in [3.05, 3.63) is 72.3 Å². The summed E-state index contributed by atoms with van der Waals surface area (Å²) in [5, 5.41) is 0.750. The molecule has 0 aliphatic rings. The minimum absolute atomic E-state index is 0.750. The van der Waals surface area contributed by atoms with Crippen LogP contribution in [0.3, 0.4) is 0 Å². The van der Waals surface area contributed by atoms with E-state index in [1.165, 1.54) is 0 Å². The molecular weight excluding hydrogens is 256 g/mol. The van der Waals surface area contributed by atoms with Gasteiger partial charge in [-0.2, -0.15) is 0 Å². The van der Waals surface area contributed by atoms with Gasteiger partial charge in [-0.1, -0.05) is 29.8 Å². The first-order valence-electron chi connectivity index (χ1n) is 5.95. The van der Waals surface area contributed by atoms with Crippen LogP contribution in [0, 0.1) is 0 Å². The molecule has 0 saturated heterocycles. The topological polar surface area (TPSA) is 25.8 Å². The van der Waals surface area contributed by atoms with Crippen LogP contribution in [0.4, 0.5) is 0 Å². The summed E-state index contributed by atoms with van der Waals surface area (Å²) in [5.41, 5.74) is 4.16. The molecule has 92 valence electrons. The molecule has 0 fully saturated rings. The van der Waals surface area contributed by atoms with Gasteiger partial charge in [0.2, 0.25) is 0 Å². The van der Waals surface area contributed by atoms with Crippen LogP contribution in [-0.2, 0) is 0 Å². The first-order chi connectivity index (χ1) is 9.36. The third-order valence-corrected chi connectivity index (χ3v) is 3.39. The highest BCUT2D eigenvalue weighted by Crippen LogP contribution is 2.35. The van der Waals surface area contributed by atoms with Crippen LogP contribution in [0.1, 0.15) is 0 Å². The smallest absolute Gasteiger partial charge is 0.0562 e. The fourth-order valence-electron chi connectivity index (χ4n) is 2.04. The lowest BCUT2D eigenvalue weighted by molar-refractivity contribution is 1.33. The Morgan fingerprint density at radius 1 is 0.632 bits per heavy atom. The van der Waals surface area contributed by atoms with Crippen molar-refractivity contribution in [2.45, 2.75) is 0 Å². The highest BCUT2D eigenvalue weighted by atomic mass is 35.5. The number of aromatic nitrogens is 2. The Labute approximate surface area is 116 Å². The fourth-order valence-corrected chi connectivity index (χ4v) is 2.39. The summed E-state index contributed by atoms with van der Waals surface area (Å²) in [6.45, 7) is 0. The second-order valence-electron chi connectivity index (χ2n) is 4.14. The number of benzene rings is 1. The number of hydrogen-bond donors (Lipinski definition) is 0. The lowest BCUT2D eigenvalue weighted by Gasteiger charge is -2.09. The molecule has 3 aromatic rings. The van der Waals surface area contributed by atoms with Gasteiger partial charge in [0.15, 0.2) is 0 Å². The second-order valence-corrected chi connectivity index (χ2v) is 4.52. The van der Waals surface area contributed by atoms with Gasteiger partial charge >= 0.3 is 0 Å². The Morgan fingerprint density at radius 2 is 1.05 bits per heavy atom. The Kier molecular flexibility index (Phi) is 3.25. The second kappa shape index (κ2) is 5.21. The molecule has 1 aromatic carbocycles. The van der Waals surface area contributed by atoms with Gasteiger partial charge < -0.3 is 0 Å². The predicted octanol–water partition coefficient (Wildman–Crippen LogP) is 4.46. The molecule has 3 heteroatoms. The zero-order chi connectivity index (χ0) is 13.1. The molecule has 0 radical (unpaired) electrons. The quantitative estimate of drug-likeness (QED) is 0.684. The maximum absolute atomic E-state index is 6.54. The Balaban J connectivity index is 2.15. The molecule has 2 aromatic heterocycles. The van der Waals surface area contributed by atoms with Crippen molar-refractivity contribution in [3.63, 3.8) is 0 Å². The Hall–Kier alpha value is -2.19.